The molecule has 2 N–H and O–H groups in total. The van der Waals surface area contributed by atoms with Crippen molar-refractivity contribution in [2.45, 2.75) is 19.0 Å². The number of sulfonamides is 1. The van der Waals surface area contributed by atoms with Gasteiger partial charge in [0.05, 0.1) is 5.75 Å². The highest BCUT2D eigenvalue weighted by molar-refractivity contribution is 7.90. The molecule has 0 bridgehead atoms. The predicted molar refractivity (Wildman–Crippen MR) is 50.8 cm³/mol. The Morgan fingerprint density at radius 1 is 1.41 bits per heavy atom. The first-order valence-corrected chi connectivity index (χ1v) is 5.95. The summed E-state index contributed by atoms with van der Waals surface area (Å²) in [5, 5.41) is 8.24. The highest BCUT2D eigenvalue weighted by atomic mass is 32.2. The van der Waals surface area contributed by atoms with E-state index < -0.39 is 40.2 Å². The van der Waals surface area contributed by atoms with Gasteiger partial charge in [0.25, 0.3) is 0 Å². The Morgan fingerprint density at radius 2 is 1.94 bits per heavy atom. The number of hydrogen-bond acceptors (Lipinski definition) is 5. The van der Waals surface area contributed by atoms with E-state index in [2.05, 4.69) is 4.74 Å². The van der Waals surface area contributed by atoms with Gasteiger partial charge in [0.1, 0.15) is 0 Å². The van der Waals surface area contributed by atoms with Crippen LogP contribution in [0.3, 0.4) is 0 Å². The number of rotatable bonds is 7. The zero-order valence-corrected chi connectivity index (χ0v) is 9.59. The Kier molecular flexibility index (Phi) is 5.42. The van der Waals surface area contributed by atoms with E-state index in [9.17, 15) is 26.8 Å². The van der Waals surface area contributed by atoms with E-state index in [1.54, 1.807) is 0 Å². The molecule has 0 aliphatic heterocycles. The molecule has 0 aromatic carbocycles. The summed E-state index contributed by atoms with van der Waals surface area (Å²) in [5.41, 5.74) is 0. The Morgan fingerprint density at radius 3 is 2.35 bits per heavy atom. The van der Waals surface area contributed by atoms with Gasteiger partial charge in [-0.25, -0.2) is 13.1 Å². The molecule has 7 nitrogen and oxygen atoms in total. The maximum absolute atomic E-state index is 12.5. The predicted octanol–water partition coefficient (Wildman–Crippen LogP) is -0.464. The summed E-state index contributed by atoms with van der Waals surface area (Å²) in [4.78, 5) is 20.8. The largest absolute Gasteiger partial charge is 0.481 e. The van der Waals surface area contributed by atoms with Crippen molar-refractivity contribution in [2.24, 2.45) is 0 Å². The van der Waals surface area contributed by atoms with Crippen molar-refractivity contribution in [2.75, 3.05) is 12.9 Å². The zero-order chi connectivity index (χ0) is 13.7. The summed E-state index contributed by atoms with van der Waals surface area (Å²) in [6, 6.07) is 0. The van der Waals surface area contributed by atoms with Crippen molar-refractivity contribution in [3.63, 3.8) is 0 Å². The minimum Gasteiger partial charge on any atom is -0.481 e. The van der Waals surface area contributed by atoms with Crippen LogP contribution in [-0.2, 0) is 24.3 Å². The number of hydrogen-bond donors (Lipinski definition) is 2. The Balaban J connectivity index is 4.36. The summed E-state index contributed by atoms with van der Waals surface area (Å²) in [6.07, 6.45) is -4.99. The lowest BCUT2D eigenvalue weighted by molar-refractivity contribution is -0.217. The van der Waals surface area contributed by atoms with Gasteiger partial charge in [-0.1, -0.05) is 0 Å². The third kappa shape index (κ3) is 6.12. The van der Waals surface area contributed by atoms with Gasteiger partial charge in [0.15, 0.2) is 0 Å². The second kappa shape index (κ2) is 5.87. The normalized spacial score (nSPS) is 12.2. The number of carboxylic acids is 1. The summed E-state index contributed by atoms with van der Waals surface area (Å²) in [7, 11) is -3.75. The average molecular weight is 275 g/mol. The summed E-state index contributed by atoms with van der Waals surface area (Å²) >= 11 is 0. The summed E-state index contributed by atoms with van der Waals surface area (Å²) in [6.45, 7) is 0. The molecule has 1 amide bonds. The minimum absolute atomic E-state index is 0.295. The van der Waals surface area contributed by atoms with Gasteiger partial charge in [-0.05, 0) is 6.42 Å². The molecule has 10 heteroatoms. The maximum Gasteiger partial charge on any atom is 0.437 e. The molecule has 0 saturated heterocycles. The number of carbonyl (C=O) groups excluding carboxylic acids is 1. The van der Waals surface area contributed by atoms with Crippen LogP contribution >= 0.6 is 0 Å². The topological polar surface area (TPSA) is 110 Å². The van der Waals surface area contributed by atoms with E-state index in [1.807, 2.05) is 0 Å². The number of ether oxygens (including phenoxy) is 1. The van der Waals surface area contributed by atoms with Gasteiger partial charge >= 0.3 is 18.0 Å². The van der Waals surface area contributed by atoms with E-state index in [1.165, 1.54) is 0 Å². The molecule has 0 radical (unpaired) electrons. The average Bonchev–Trinajstić information content (AvgIpc) is 2.15. The zero-order valence-electron chi connectivity index (χ0n) is 8.77. The fraction of sp³-hybridized carbons (Fsp3) is 0.714. The Bertz CT molecular complexity index is 393. The van der Waals surface area contributed by atoms with Gasteiger partial charge in [-0.15, -0.1) is 0 Å². The van der Waals surface area contributed by atoms with Crippen LogP contribution in [0.25, 0.3) is 0 Å². The quantitative estimate of drug-likeness (QED) is 0.650. The van der Waals surface area contributed by atoms with Gasteiger partial charge < -0.3 is 9.84 Å². The van der Waals surface area contributed by atoms with Crippen molar-refractivity contribution >= 4 is 21.9 Å². The number of carbonyl (C=O) groups is 2. The van der Waals surface area contributed by atoms with E-state index in [-0.39, 0.29) is 6.42 Å². The van der Waals surface area contributed by atoms with Crippen LogP contribution in [0, 0.1) is 0 Å². The highest BCUT2D eigenvalue weighted by Gasteiger charge is 2.41. The lowest BCUT2D eigenvalue weighted by Crippen LogP contribution is -2.45. The first-order valence-electron chi connectivity index (χ1n) is 4.30. The molecular weight excluding hydrogens is 264 g/mol. The van der Waals surface area contributed by atoms with Gasteiger partial charge in [-0.2, -0.15) is 8.78 Å². The molecule has 0 saturated carbocycles. The smallest absolute Gasteiger partial charge is 0.437 e. The van der Waals surface area contributed by atoms with E-state index >= 15 is 0 Å². The number of nitrogens with one attached hydrogen (secondary N) is 1. The Labute approximate surface area is 95.8 Å². The Hall–Kier alpha value is -1.29. The van der Waals surface area contributed by atoms with Crippen molar-refractivity contribution in [3.8, 4) is 0 Å². The second-order valence-electron chi connectivity index (χ2n) is 2.97. The van der Waals surface area contributed by atoms with Gasteiger partial charge in [0.2, 0.25) is 10.0 Å². The van der Waals surface area contributed by atoms with E-state index in [0.717, 1.165) is 4.72 Å². The molecule has 0 spiro atoms. The molecule has 0 aliphatic carbocycles. The van der Waals surface area contributed by atoms with Crippen molar-refractivity contribution in [1.82, 2.24) is 4.72 Å². The molecule has 0 rings (SSSR count). The summed E-state index contributed by atoms with van der Waals surface area (Å²) in [5.74, 6) is -4.09. The monoisotopic (exact) mass is 275 g/mol. The molecule has 0 aliphatic rings. The molecule has 0 fully saturated rings. The lowest BCUT2D eigenvalue weighted by atomic mass is 10.3. The number of aliphatic carboxylic acids is 1. The van der Waals surface area contributed by atoms with Crippen LogP contribution < -0.4 is 4.72 Å². The number of carboxylic acid groups (broad SMARTS) is 1. The molecule has 100 valence electrons. The lowest BCUT2D eigenvalue weighted by Gasteiger charge is -2.13. The number of methoxy groups -OCH3 is 1. The molecule has 0 heterocycles. The van der Waals surface area contributed by atoms with Crippen molar-refractivity contribution in [1.29, 1.82) is 0 Å². The second-order valence-corrected chi connectivity index (χ2v) is 4.81. The third-order valence-corrected chi connectivity index (χ3v) is 2.90. The molecule has 0 unspecified atom stereocenters. The minimum atomic E-state index is -4.29. The van der Waals surface area contributed by atoms with Crippen LogP contribution in [0.5, 0.6) is 0 Å². The molecule has 0 aromatic heterocycles. The first kappa shape index (κ1) is 15.7. The number of alkyl halides is 2. The third-order valence-electron chi connectivity index (χ3n) is 1.57. The fourth-order valence-electron chi connectivity index (χ4n) is 0.758. The SMILES string of the molecule is COC(F)(F)C(=O)NS(=O)(=O)CCCC(=O)O. The standard InChI is InChI=1S/C7H11F2NO6S/c1-16-7(8,9)6(13)10-17(14,15)4-2-3-5(11)12/h2-4H2,1H3,(H,10,13)(H,11,12). The van der Waals surface area contributed by atoms with Crippen LogP contribution in [0.2, 0.25) is 0 Å². The number of amides is 1. The molecule has 17 heavy (non-hydrogen) atoms. The van der Waals surface area contributed by atoms with Crippen LogP contribution in [0.4, 0.5) is 8.78 Å². The summed E-state index contributed by atoms with van der Waals surface area (Å²) < 4.78 is 51.8. The van der Waals surface area contributed by atoms with Crippen molar-refractivity contribution in [3.05, 3.63) is 0 Å². The van der Waals surface area contributed by atoms with Crippen LogP contribution in [-0.4, -0.2) is 44.4 Å². The molecular formula is C7H11F2NO6S. The first-order chi connectivity index (χ1) is 7.60. The molecule has 0 atom stereocenters. The van der Waals surface area contributed by atoms with Gasteiger partial charge in [-0.3, -0.25) is 9.59 Å². The number of halogens is 2. The van der Waals surface area contributed by atoms with Crippen LogP contribution in [0.1, 0.15) is 12.8 Å². The van der Waals surface area contributed by atoms with Crippen molar-refractivity contribution < 1.29 is 36.6 Å². The van der Waals surface area contributed by atoms with Crippen LogP contribution in [0.15, 0.2) is 0 Å². The fourth-order valence-corrected chi connectivity index (χ4v) is 1.79. The molecule has 0 aromatic rings. The van der Waals surface area contributed by atoms with E-state index in [0.29, 0.717) is 7.11 Å². The van der Waals surface area contributed by atoms with E-state index in [4.69, 9.17) is 5.11 Å². The maximum atomic E-state index is 12.5. The highest BCUT2D eigenvalue weighted by Crippen LogP contribution is 2.14. The van der Waals surface area contributed by atoms with Gasteiger partial charge in [0, 0.05) is 13.5 Å².